The van der Waals surface area contributed by atoms with Gasteiger partial charge in [0.15, 0.2) is 0 Å². The number of phenolic OH excluding ortho intramolecular Hbond substituents is 1. The first-order valence-corrected chi connectivity index (χ1v) is 10.7. The van der Waals surface area contributed by atoms with E-state index in [1.807, 2.05) is 12.1 Å². The van der Waals surface area contributed by atoms with E-state index < -0.39 is 9.84 Å². The zero-order chi connectivity index (χ0) is 20.8. The van der Waals surface area contributed by atoms with Crippen molar-refractivity contribution in [3.05, 3.63) is 72.3 Å². The minimum absolute atomic E-state index is 0.0513. The van der Waals surface area contributed by atoms with Crippen molar-refractivity contribution in [2.24, 2.45) is 0 Å². The van der Waals surface area contributed by atoms with Gasteiger partial charge in [-0.25, -0.2) is 8.42 Å². The molecular formula is C22H21N3O3S. The highest BCUT2D eigenvalue weighted by Crippen LogP contribution is 2.30. The lowest BCUT2D eigenvalue weighted by Gasteiger charge is -2.19. The van der Waals surface area contributed by atoms with Gasteiger partial charge in [0, 0.05) is 0 Å². The van der Waals surface area contributed by atoms with Crippen molar-refractivity contribution >= 4 is 20.9 Å². The first kappa shape index (κ1) is 19.1. The fourth-order valence-corrected chi connectivity index (χ4v) is 4.36. The van der Waals surface area contributed by atoms with Gasteiger partial charge in [-0.3, -0.25) is 0 Å². The molecule has 4 rings (SSSR count). The Morgan fingerprint density at radius 2 is 1.52 bits per heavy atom. The van der Waals surface area contributed by atoms with Crippen molar-refractivity contribution < 1.29 is 13.5 Å². The summed E-state index contributed by atoms with van der Waals surface area (Å²) in [5.74, 6) is 0.0513. The van der Waals surface area contributed by atoms with E-state index in [2.05, 4.69) is 31.0 Å². The van der Waals surface area contributed by atoms with Gasteiger partial charge in [-0.05, 0) is 53.4 Å². The molecule has 29 heavy (non-hydrogen) atoms. The van der Waals surface area contributed by atoms with E-state index in [0.29, 0.717) is 16.7 Å². The van der Waals surface area contributed by atoms with Crippen LogP contribution in [0.5, 0.6) is 5.75 Å². The van der Waals surface area contributed by atoms with Gasteiger partial charge in [-0.15, -0.1) is 15.0 Å². The van der Waals surface area contributed by atoms with Crippen LogP contribution in [0.1, 0.15) is 26.3 Å². The molecule has 4 aromatic rings. The topological polar surface area (TPSA) is 85.1 Å². The maximum atomic E-state index is 12.9. The van der Waals surface area contributed by atoms with Crippen LogP contribution in [0.3, 0.4) is 0 Å². The van der Waals surface area contributed by atoms with Crippen LogP contribution in [0.2, 0.25) is 0 Å². The Bertz CT molecular complexity index is 1300. The van der Waals surface area contributed by atoms with Gasteiger partial charge in [-0.2, -0.15) is 0 Å². The summed E-state index contributed by atoms with van der Waals surface area (Å²) in [6, 6.07) is 18.3. The van der Waals surface area contributed by atoms with Gasteiger partial charge in [-0.1, -0.05) is 45.0 Å². The Morgan fingerprint density at radius 3 is 2.21 bits per heavy atom. The van der Waals surface area contributed by atoms with Crippen LogP contribution < -0.4 is 0 Å². The van der Waals surface area contributed by atoms with Gasteiger partial charge in [0.2, 0.25) is 9.84 Å². The minimum atomic E-state index is -3.65. The van der Waals surface area contributed by atoms with E-state index in [9.17, 15) is 13.5 Å². The molecule has 6 nitrogen and oxygen atoms in total. The first-order chi connectivity index (χ1) is 13.7. The Morgan fingerprint density at radius 1 is 0.828 bits per heavy atom. The van der Waals surface area contributed by atoms with E-state index in [1.165, 1.54) is 16.9 Å². The average Bonchev–Trinajstić information content (AvgIpc) is 3.11. The van der Waals surface area contributed by atoms with Gasteiger partial charge >= 0.3 is 0 Å². The van der Waals surface area contributed by atoms with Crippen molar-refractivity contribution in [3.8, 4) is 11.4 Å². The molecule has 0 saturated carbocycles. The number of phenols is 1. The molecule has 1 aromatic heterocycles. The van der Waals surface area contributed by atoms with Gasteiger partial charge in [0.25, 0.3) is 0 Å². The summed E-state index contributed by atoms with van der Waals surface area (Å²) < 4.78 is 25.7. The van der Waals surface area contributed by atoms with Crippen LogP contribution >= 0.6 is 0 Å². The predicted molar refractivity (Wildman–Crippen MR) is 111 cm³/mol. The molecule has 148 valence electrons. The number of aromatic nitrogens is 3. The molecule has 3 aromatic carbocycles. The third-order valence-corrected chi connectivity index (χ3v) is 6.54. The lowest BCUT2D eigenvalue weighted by Crippen LogP contribution is -2.12. The zero-order valence-corrected chi connectivity index (χ0v) is 17.2. The van der Waals surface area contributed by atoms with Crippen LogP contribution in [0.4, 0.5) is 0 Å². The summed E-state index contributed by atoms with van der Waals surface area (Å²) in [4.78, 5) is 1.71. The second kappa shape index (κ2) is 6.70. The molecule has 7 heteroatoms. The molecule has 0 unspecified atom stereocenters. The lowest BCUT2D eigenvalue weighted by atomic mass is 9.87. The first-order valence-electron chi connectivity index (χ1n) is 9.17. The van der Waals surface area contributed by atoms with E-state index in [0.717, 1.165) is 5.56 Å². The standard InChI is InChI=1S/C22H21N3O3S/c1-22(2,3)15-9-12-21(26)20(13-15)25-23-18-11-10-17(14-19(18)24-25)29(27,28)16-7-5-4-6-8-16/h4-14,26H,1-3H3. The molecule has 0 spiro atoms. The molecule has 0 saturated heterocycles. The smallest absolute Gasteiger partial charge is 0.206 e. The Balaban J connectivity index is 1.81. The largest absolute Gasteiger partial charge is 0.506 e. The second-order valence-corrected chi connectivity index (χ2v) is 9.86. The number of nitrogens with zero attached hydrogens (tertiary/aromatic N) is 3. The van der Waals surface area contributed by atoms with Crippen molar-refractivity contribution in [3.63, 3.8) is 0 Å². The van der Waals surface area contributed by atoms with E-state index in [-0.39, 0.29) is 21.0 Å². The molecule has 0 bridgehead atoms. The molecule has 0 aliphatic rings. The highest BCUT2D eigenvalue weighted by molar-refractivity contribution is 7.91. The summed E-state index contributed by atoms with van der Waals surface area (Å²) >= 11 is 0. The summed E-state index contributed by atoms with van der Waals surface area (Å²) in [6.07, 6.45) is 0. The van der Waals surface area contributed by atoms with Crippen LogP contribution in [0.15, 0.2) is 76.5 Å². The van der Waals surface area contributed by atoms with Crippen LogP contribution in [0.25, 0.3) is 16.7 Å². The number of hydrogen-bond donors (Lipinski definition) is 1. The Kier molecular flexibility index (Phi) is 4.42. The molecule has 0 aliphatic carbocycles. The molecular weight excluding hydrogens is 386 g/mol. The third-order valence-electron chi connectivity index (χ3n) is 4.77. The molecule has 1 N–H and O–H groups in total. The monoisotopic (exact) mass is 407 g/mol. The summed E-state index contributed by atoms with van der Waals surface area (Å²) in [5, 5.41) is 19.1. The molecule has 0 radical (unpaired) electrons. The number of sulfone groups is 1. The Labute approximate surface area is 169 Å². The lowest BCUT2D eigenvalue weighted by molar-refractivity contribution is 0.466. The summed E-state index contributed by atoms with van der Waals surface area (Å²) in [5.41, 5.74) is 2.34. The van der Waals surface area contributed by atoms with Crippen LogP contribution in [-0.2, 0) is 15.3 Å². The summed E-state index contributed by atoms with van der Waals surface area (Å²) in [6.45, 7) is 6.24. The fourth-order valence-electron chi connectivity index (χ4n) is 3.06. The highest BCUT2D eigenvalue weighted by Gasteiger charge is 2.20. The maximum absolute atomic E-state index is 12.9. The quantitative estimate of drug-likeness (QED) is 0.549. The summed E-state index contributed by atoms with van der Waals surface area (Å²) in [7, 11) is -3.65. The second-order valence-electron chi connectivity index (χ2n) is 7.91. The van der Waals surface area contributed by atoms with E-state index in [4.69, 9.17) is 0 Å². The van der Waals surface area contributed by atoms with E-state index >= 15 is 0 Å². The molecule has 1 heterocycles. The van der Waals surface area contributed by atoms with Crippen LogP contribution in [-0.4, -0.2) is 28.5 Å². The SMILES string of the molecule is CC(C)(C)c1ccc(O)c(-n2nc3ccc(S(=O)(=O)c4ccccc4)cc3n2)c1. The van der Waals surface area contributed by atoms with Crippen molar-refractivity contribution in [1.29, 1.82) is 0 Å². The van der Waals surface area contributed by atoms with Crippen molar-refractivity contribution in [1.82, 2.24) is 15.0 Å². The maximum Gasteiger partial charge on any atom is 0.206 e. The molecule has 0 amide bonds. The molecule has 0 aliphatic heterocycles. The van der Waals surface area contributed by atoms with E-state index in [1.54, 1.807) is 42.5 Å². The van der Waals surface area contributed by atoms with Gasteiger partial charge in [0.1, 0.15) is 22.5 Å². The van der Waals surface area contributed by atoms with Gasteiger partial charge < -0.3 is 5.11 Å². The fraction of sp³-hybridized carbons (Fsp3) is 0.182. The Hall–Kier alpha value is -3.19. The predicted octanol–water partition coefficient (Wildman–Crippen LogP) is 4.26. The van der Waals surface area contributed by atoms with Gasteiger partial charge in [0.05, 0.1) is 9.79 Å². The normalized spacial score (nSPS) is 12.4. The zero-order valence-electron chi connectivity index (χ0n) is 16.4. The average molecular weight is 407 g/mol. The van der Waals surface area contributed by atoms with Crippen molar-refractivity contribution in [2.75, 3.05) is 0 Å². The number of benzene rings is 3. The highest BCUT2D eigenvalue weighted by atomic mass is 32.2. The molecule has 0 atom stereocenters. The van der Waals surface area contributed by atoms with Crippen molar-refractivity contribution in [2.45, 2.75) is 36.0 Å². The molecule has 0 fully saturated rings. The van der Waals surface area contributed by atoms with Crippen LogP contribution in [0, 0.1) is 0 Å². The number of hydrogen-bond acceptors (Lipinski definition) is 5. The minimum Gasteiger partial charge on any atom is -0.506 e. The third kappa shape index (κ3) is 3.49. The number of rotatable bonds is 3. The number of aromatic hydroxyl groups is 1. The number of fused-ring (bicyclic) bond motifs is 1.